The van der Waals surface area contributed by atoms with Crippen molar-refractivity contribution in [2.45, 2.75) is 45.4 Å². The number of carboxylic acids is 1. The van der Waals surface area contributed by atoms with Gasteiger partial charge in [0.05, 0.1) is 6.42 Å². The third-order valence-corrected chi connectivity index (χ3v) is 4.17. The number of rotatable bonds is 5. The van der Waals surface area contributed by atoms with Crippen LogP contribution in [-0.2, 0) is 4.79 Å². The lowest BCUT2D eigenvalue weighted by Crippen LogP contribution is -2.25. The van der Waals surface area contributed by atoms with Gasteiger partial charge in [0, 0.05) is 12.0 Å². The zero-order valence-corrected chi connectivity index (χ0v) is 11.3. The van der Waals surface area contributed by atoms with Crippen LogP contribution in [0.25, 0.3) is 0 Å². The van der Waals surface area contributed by atoms with Gasteiger partial charge in [-0.25, -0.2) is 0 Å². The standard InChI is InChI=1S/C16H20O3/c1-12-6-2-3-7-13(12)14(17)10-16(11-15(18)19)8-4-5-9-16/h2-3,6-7H,4-5,8-11H2,1H3,(H,18,19). The summed E-state index contributed by atoms with van der Waals surface area (Å²) in [6.45, 7) is 1.92. The lowest BCUT2D eigenvalue weighted by atomic mass is 9.77. The summed E-state index contributed by atoms with van der Waals surface area (Å²) in [4.78, 5) is 23.4. The highest BCUT2D eigenvalue weighted by Gasteiger charge is 2.38. The summed E-state index contributed by atoms with van der Waals surface area (Å²) in [5.41, 5.74) is 1.39. The minimum atomic E-state index is -0.792. The normalized spacial score (nSPS) is 17.3. The number of carbonyl (C=O) groups is 2. The highest BCUT2D eigenvalue weighted by molar-refractivity contribution is 5.98. The number of Topliss-reactive ketones (excluding diaryl/α,β-unsaturated/α-hetero) is 1. The van der Waals surface area contributed by atoms with Crippen LogP contribution in [0.1, 0.15) is 54.4 Å². The fraction of sp³-hybridized carbons (Fsp3) is 0.500. The molecule has 3 nitrogen and oxygen atoms in total. The largest absolute Gasteiger partial charge is 0.481 e. The van der Waals surface area contributed by atoms with Crippen molar-refractivity contribution in [1.29, 1.82) is 0 Å². The van der Waals surface area contributed by atoms with E-state index in [1.165, 1.54) is 0 Å². The van der Waals surface area contributed by atoms with Crippen LogP contribution in [0.5, 0.6) is 0 Å². The number of hydrogen-bond donors (Lipinski definition) is 1. The monoisotopic (exact) mass is 260 g/mol. The molecule has 0 bridgehead atoms. The molecule has 1 aliphatic rings. The molecule has 0 spiro atoms. The molecule has 102 valence electrons. The molecule has 1 aliphatic carbocycles. The SMILES string of the molecule is Cc1ccccc1C(=O)CC1(CC(=O)O)CCCC1. The molecule has 2 rings (SSSR count). The molecule has 0 atom stereocenters. The average molecular weight is 260 g/mol. The Morgan fingerprint density at radius 3 is 2.37 bits per heavy atom. The topological polar surface area (TPSA) is 54.4 Å². The Labute approximate surface area is 113 Å². The summed E-state index contributed by atoms with van der Waals surface area (Å²) in [6, 6.07) is 7.53. The molecule has 0 amide bonds. The smallest absolute Gasteiger partial charge is 0.303 e. The molecule has 1 fully saturated rings. The van der Waals surface area contributed by atoms with Gasteiger partial charge in [0.25, 0.3) is 0 Å². The summed E-state index contributed by atoms with van der Waals surface area (Å²) in [7, 11) is 0. The first-order valence-corrected chi connectivity index (χ1v) is 6.83. The van der Waals surface area contributed by atoms with E-state index in [4.69, 9.17) is 5.11 Å². The van der Waals surface area contributed by atoms with Gasteiger partial charge < -0.3 is 5.11 Å². The molecule has 1 aromatic carbocycles. The predicted octanol–water partition coefficient (Wildman–Crippen LogP) is 3.60. The Morgan fingerprint density at radius 1 is 1.16 bits per heavy atom. The minimum Gasteiger partial charge on any atom is -0.481 e. The van der Waals surface area contributed by atoms with Crippen LogP contribution in [0.4, 0.5) is 0 Å². The first-order valence-electron chi connectivity index (χ1n) is 6.83. The zero-order chi connectivity index (χ0) is 13.9. The van der Waals surface area contributed by atoms with Crippen molar-refractivity contribution >= 4 is 11.8 Å². The van der Waals surface area contributed by atoms with Crippen molar-refractivity contribution in [2.24, 2.45) is 5.41 Å². The molecular weight excluding hydrogens is 240 g/mol. The third kappa shape index (κ3) is 3.22. The van der Waals surface area contributed by atoms with Gasteiger partial charge >= 0.3 is 5.97 Å². The zero-order valence-electron chi connectivity index (χ0n) is 11.3. The summed E-state index contributed by atoms with van der Waals surface area (Å²) < 4.78 is 0. The molecule has 0 radical (unpaired) electrons. The summed E-state index contributed by atoms with van der Waals surface area (Å²) in [6.07, 6.45) is 4.27. The van der Waals surface area contributed by atoms with Gasteiger partial charge in [-0.05, 0) is 30.7 Å². The lowest BCUT2D eigenvalue weighted by molar-refractivity contribution is -0.139. The van der Waals surface area contributed by atoms with Crippen LogP contribution in [0.15, 0.2) is 24.3 Å². The molecular formula is C16H20O3. The molecule has 19 heavy (non-hydrogen) atoms. The number of carbonyl (C=O) groups excluding carboxylic acids is 1. The second kappa shape index (κ2) is 5.55. The molecule has 3 heteroatoms. The van der Waals surface area contributed by atoms with Gasteiger partial charge in [0.2, 0.25) is 0 Å². The second-order valence-corrected chi connectivity index (χ2v) is 5.69. The molecule has 0 heterocycles. The first-order chi connectivity index (χ1) is 9.02. The fourth-order valence-electron chi connectivity index (χ4n) is 3.18. The Bertz CT molecular complexity index is 485. The number of ketones is 1. The van der Waals surface area contributed by atoms with Gasteiger partial charge in [0.1, 0.15) is 0 Å². The van der Waals surface area contributed by atoms with Crippen LogP contribution >= 0.6 is 0 Å². The number of hydrogen-bond acceptors (Lipinski definition) is 2. The number of aliphatic carboxylic acids is 1. The maximum atomic E-state index is 12.4. The van der Waals surface area contributed by atoms with Crippen LogP contribution in [-0.4, -0.2) is 16.9 Å². The summed E-state index contributed by atoms with van der Waals surface area (Å²) >= 11 is 0. The highest BCUT2D eigenvalue weighted by Crippen LogP contribution is 2.44. The second-order valence-electron chi connectivity index (χ2n) is 5.69. The van der Waals surface area contributed by atoms with E-state index < -0.39 is 5.97 Å². The predicted molar refractivity (Wildman–Crippen MR) is 73.3 cm³/mol. The quantitative estimate of drug-likeness (QED) is 0.823. The van der Waals surface area contributed by atoms with E-state index in [2.05, 4.69) is 0 Å². The molecule has 0 aromatic heterocycles. The number of aryl methyl sites for hydroxylation is 1. The highest BCUT2D eigenvalue weighted by atomic mass is 16.4. The van der Waals surface area contributed by atoms with Gasteiger partial charge in [-0.15, -0.1) is 0 Å². The molecule has 0 saturated heterocycles. The molecule has 1 aromatic rings. The van der Waals surface area contributed by atoms with Crippen LogP contribution in [0.3, 0.4) is 0 Å². The molecule has 1 saturated carbocycles. The summed E-state index contributed by atoms with van der Waals surface area (Å²) in [5, 5.41) is 9.07. The van der Waals surface area contributed by atoms with Crippen LogP contribution in [0.2, 0.25) is 0 Å². The van der Waals surface area contributed by atoms with Crippen LogP contribution in [0, 0.1) is 12.3 Å². The van der Waals surface area contributed by atoms with Gasteiger partial charge in [-0.2, -0.15) is 0 Å². The van der Waals surface area contributed by atoms with Crippen molar-refractivity contribution in [3.05, 3.63) is 35.4 Å². The number of carboxylic acid groups (broad SMARTS) is 1. The summed E-state index contributed by atoms with van der Waals surface area (Å²) in [5.74, 6) is -0.708. The minimum absolute atomic E-state index is 0.0845. The van der Waals surface area contributed by atoms with E-state index in [1.54, 1.807) is 0 Å². The lowest BCUT2D eigenvalue weighted by Gasteiger charge is -2.26. The van der Waals surface area contributed by atoms with E-state index >= 15 is 0 Å². The maximum absolute atomic E-state index is 12.4. The van der Waals surface area contributed by atoms with Gasteiger partial charge in [0.15, 0.2) is 5.78 Å². The van der Waals surface area contributed by atoms with Crippen molar-refractivity contribution in [1.82, 2.24) is 0 Å². The van der Waals surface area contributed by atoms with E-state index in [0.29, 0.717) is 6.42 Å². The van der Waals surface area contributed by atoms with Crippen molar-refractivity contribution in [3.63, 3.8) is 0 Å². The van der Waals surface area contributed by atoms with E-state index in [-0.39, 0.29) is 17.6 Å². The van der Waals surface area contributed by atoms with E-state index in [9.17, 15) is 9.59 Å². The maximum Gasteiger partial charge on any atom is 0.303 e. The van der Waals surface area contributed by atoms with Crippen LogP contribution < -0.4 is 0 Å². The fourth-order valence-corrected chi connectivity index (χ4v) is 3.18. The molecule has 1 N–H and O–H groups in total. The Morgan fingerprint density at radius 2 is 1.79 bits per heavy atom. The van der Waals surface area contributed by atoms with E-state index in [1.807, 2.05) is 31.2 Å². The van der Waals surface area contributed by atoms with Crippen molar-refractivity contribution < 1.29 is 14.7 Å². The van der Waals surface area contributed by atoms with Gasteiger partial charge in [-0.1, -0.05) is 37.1 Å². The third-order valence-electron chi connectivity index (χ3n) is 4.17. The van der Waals surface area contributed by atoms with Gasteiger partial charge in [-0.3, -0.25) is 9.59 Å². The Kier molecular flexibility index (Phi) is 4.03. The number of benzene rings is 1. The van der Waals surface area contributed by atoms with E-state index in [0.717, 1.165) is 36.8 Å². The van der Waals surface area contributed by atoms with Crippen molar-refractivity contribution in [3.8, 4) is 0 Å². The Balaban J connectivity index is 2.16. The molecule has 0 unspecified atom stereocenters. The molecule has 0 aliphatic heterocycles. The van der Waals surface area contributed by atoms with Crippen molar-refractivity contribution in [2.75, 3.05) is 0 Å². The first kappa shape index (κ1) is 13.8. The Hall–Kier alpha value is -1.64. The average Bonchev–Trinajstić information content (AvgIpc) is 2.76.